The van der Waals surface area contributed by atoms with E-state index in [0.29, 0.717) is 5.56 Å². The quantitative estimate of drug-likeness (QED) is 0.588. The van der Waals surface area contributed by atoms with E-state index >= 15 is 0 Å². The number of rotatable bonds is 5. The lowest BCUT2D eigenvalue weighted by Crippen LogP contribution is -2.16. The Labute approximate surface area is 163 Å². The molecule has 0 aliphatic carbocycles. The molecule has 0 saturated carbocycles. The summed E-state index contributed by atoms with van der Waals surface area (Å²) < 4.78 is 24.5. The highest BCUT2D eigenvalue weighted by molar-refractivity contribution is 6.81. The molecule has 0 spiro atoms. The number of anilines is 1. The zero-order valence-corrected chi connectivity index (χ0v) is 17.5. The standard InChI is InChI=1S/C18H21ClFN3O3Si/c1-25-15-12(19)7-6-10(13(15)20)17-22-14(18(24)26-2)11(16(21)23-17)8-9-27(3,4)5/h6-9H,1-5H3,(H2,21,22,23)/b9-8+. The van der Waals surface area contributed by atoms with E-state index < -0.39 is 19.9 Å². The third kappa shape index (κ3) is 4.64. The first-order chi connectivity index (χ1) is 12.6. The summed E-state index contributed by atoms with van der Waals surface area (Å²) in [7, 11) is 0.962. The zero-order valence-electron chi connectivity index (χ0n) is 15.8. The van der Waals surface area contributed by atoms with Crippen molar-refractivity contribution in [2.75, 3.05) is 20.0 Å². The summed E-state index contributed by atoms with van der Waals surface area (Å²) in [6.45, 7) is 6.38. The van der Waals surface area contributed by atoms with Crippen molar-refractivity contribution in [3.8, 4) is 17.1 Å². The highest BCUT2D eigenvalue weighted by atomic mass is 35.5. The Morgan fingerprint density at radius 1 is 1.26 bits per heavy atom. The van der Waals surface area contributed by atoms with Crippen LogP contribution in [0.5, 0.6) is 5.75 Å². The lowest BCUT2D eigenvalue weighted by atomic mass is 10.1. The molecule has 2 rings (SSSR count). The van der Waals surface area contributed by atoms with E-state index in [9.17, 15) is 9.18 Å². The predicted molar refractivity (Wildman–Crippen MR) is 107 cm³/mol. The highest BCUT2D eigenvalue weighted by Crippen LogP contribution is 2.34. The van der Waals surface area contributed by atoms with Gasteiger partial charge in [-0.1, -0.05) is 43.0 Å². The van der Waals surface area contributed by atoms with E-state index in [-0.39, 0.29) is 33.7 Å². The van der Waals surface area contributed by atoms with E-state index in [2.05, 4.69) is 29.6 Å². The van der Waals surface area contributed by atoms with E-state index in [4.69, 9.17) is 26.8 Å². The van der Waals surface area contributed by atoms with Crippen LogP contribution in [-0.2, 0) is 4.74 Å². The fourth-order valence-electron chi connectivity index (χ4n) is 2.25. The minimum atomic E-state index is -1.57. The third-order valence-electron chi connectivity index (χ3n) is 3.60. The van der Waals surface area contributed by atoms with Crippen LogP contribution in [-0.4, -0.2) is 38.2 Å². The maximum atomic E-state index is 14.7. The largest absolute Gasteiger partial charge is 0.492 e. The van der Waals surface area contributed by atoms with Crippen LogP contribution in [0.1, 0.15) is 16.1 Å². The Balaban J connectivity index is 2.70. The van der Waals surface area contributed by atoms with Crippen LogP contribution in [0.4, 0.5) is 10.2 Å². The molecule has 0 atom stereocenters. The number of halogens is 2. The van der Waals surface area contributed by atoms with Crippen molar-refractivity contribution in [2.45, 2.75) is 19.6 Å². The van der Waals surface area contributed by atoms with Gasteiger partial charge in [0, 0.05) is 5.56 Å². The van der Waals surface area contributed by atoms with Gasteiger partial charge < -0.3 is 15.2 Å². The SMILES string of the molecule is COC(=O)c1nc(-c2ccc(Cl)c(OC)c2F)nc(N)c1/C=C/[Si](C)(C)C. The molecule has 0 bridgehead atoms. The smallest absolute Gasteiger partial charge is 0.357 e. The van der Waals surface area contributed by atoms with Crippen LogP contribution in [0.15, 0.2) is 17.8 Å². The van der Waals surface area contributed by atoms with Crippen LogP contribution < -0.4 is 10.5 Å². The zero-order chi connectivity index (χ0) is 20.4. The van der Waals surface area contributed by atoms with Crippen LogP contribution in [0.3, 0.4) is 0 Å². The molecular weight excluding hydrogens is 389 g/mol. The van der Waals surface area contributed by atoms with Crippen LogP contribution in [0.25, 0.3) is 17.5 Å². The topological polar surface area (TPSA) is 87.3 Å². The second-order valence-electron chi connectivity index (χ2n) is 6.83. The average Bonchev–Trinajstić information content (AvgIpc) is 2.59. The maximum Gasteiger partial charge on any atom is 0.357 e. The molecule has 0 unspecified atom stereocenters. The number of methoxy groups -OCH3 is 2. The molecule has 27 heavy (non-hydrogen) atoms. The number of nitrogens with two attached hydrogens (primary N) is 1. The summed E-state index contributed by atoms with van der Waals surface area (Å²) in [6.07, 6.45) is 1.72. The fraction of sp³-hybridized carbons (Fsp3) is 0.278. The molecule has 0 aliphatic heterocycles. The fourth-order valence-corrected chi connectivity index (χ4v) is 3.14. The maximum absolute atomic E-state index is 14.7. The van der Waals surface area contributed by atoms with Gasteiger partial charge >= 0.3 is 5.97 Å². The molecule has 0 amide bonds. The molecule has 1 aromatic heterocycles. The van der Waals surface area contributed by atoms with E-state index in [1.807, 2.05) is 5.70 Å². The van der Waals surface area contributed by atoms with Gasteiger partial charge in [0.2, 0.25) is 0 Å². The summed E-state index contributed by atoms with van der Waals surface area (Å²) in [4.78, 5) is 20.6. The highest BCUT2D eigenvalue weighted by Gasteiger charge is 2.22. The molecule has 2 aromatic rings. The van der Waals surface area contributed by atoms with Gasteiger partial charge in [-0.05, 0) is 12.1 Å². The lowest BCUT2D eigenvalue weighted by Gasteiger charge is -2.13. The number of nitrogens with zero attached hydrogens (tertiary/aromatic N) is 2. The second kappa shape index (κ2) is 8.06. The Bertz CT molecular complexity index is 914. The molecule has 144 valence electrons. The molecule has 0 radical (unpaired) electrons. The number of nitrogen functional groups attached to an aromatic ring is 1. The monoisotopic (exact) mass is 409 g/mol. The summed E-state index contributed by atoms with van der Waals surface area (Å²) in [5.41, 5.74) is 8.37. The van der Waals surface area contributed by atoms with Gasteiger partial charge in [0.1, 0.15) is 5.82 Å². The summed E-state index contributed by atoms with van der Waals surface area (Å²) >= 11 is 5.92. The number of ether oxygens (including phenoxy) is 2. The van der Waals surface area contributed by atoms with Gasteiger partial charge in [0.25, 0.3) is 0 Å². The van der Waals surface area contributed by atoms with E-state index in [1.54, 1.807) is 6.08 Å². The predicted octanol–water partition coefficient (Wildman–Crippen LogP) is 4.20. The number of carbonyl (C=O) groups is 1. The van der Waals surface area contributed by atoms with Crippen molar-refractivity contribution in [1.82, 2.24) is 9.97 Å². The third-order valence-corrected chi connectivity index (χ3v) is 5.06. The Morgan fingerprint density at radius 3 is 2.48 bits per heavy atom. The van der Waals surface area contributed by atoms with Crippen molar-refractivity contribution in [3.63, 3.8) is 0 Å². The number of hydrogen-bond donors (Lipinski definition) is 1. The van der Waals surface area contributed by atoms with Crippen molar-refractivity contribution >= 4 is 37.5 Å². The first kappa shape index (κ1) is 20.9. The van der Waals surface area contributed by atoms with Gasteiger partial charge in [-0.25, -0.2) is 19.2 Å². The van der Waals surface area contributed by atoms with Gasteiger partial charge in [0.05, 0.1) is 32.9 Å². The van der Waals surface area contributed by atoms with E-state index in [0.717, 1.165) is 0 Å². The van der Waals surface area contributed by atoms with Crippen molar-refractivity contribution < 1.29 is 18.7 Å². The summed E-state index contributed by atoms with van der Waals surface area (Å²) in [5.74, 6) is -1.60. The minimum Gasteiger partial charge on any atom is -0.492 e. The molecular formula is C18H21ClFN3O3Si. The molecule has 0 aliphatic rings. The van der Waals surface area contributed by atoms with Crippen molar-refractivity contribution in [3.05, 3.63) is 39.9 Å². The lowest BCUT2D eigenvalue weighted by molar-refractivity contribution is 0.0593. The summed E-state index contributed by atoms with van der Waals surface area (Å²) in [5, 5.41) is 0.106. The van der Waals surface area contributed by atoms with Gasteiger partial charge in [-0.2, -0.15) is 0 Å². The molecule has 0 saturated heterocycles. The summed E-state index contributed by atoms with van der Waals surface area (Å²) in [6, 6.07) is 2.85. The molecule has 9 heteroatoms. The van der Waals surface area contributed by atoms with Crippen molar-refractivity contribution in [1.29, 1.82) is 0 Å². The molecule has 0 fully saturated rings. The number of aromatic nitrogens is 2. The van der Waals surface area contributed by atoms with Crippen LogP contribution in [0, 0.1) is 5.82 Å². The molecule has 6 nitrogen and oxygen atoms in total. The number of hydrogen-bond acceptors (Lipinski definition) is 6. The number of benzene rings is 1. The Kier molecular flexibility index (Phi) is 6.22. The van der Waals surface area contributed by atoms with Crippen molar-refractivity contribution in [2.24, 2.45) is 0 Å². The van der Waals surface area contributed by atoms with Gasteiger partial charge in [-0.3, -0.25) is 0 Å². The normalized spacial score (nSPS) is 11.7. The first-order valence-corrected chi connectivity index (χ1v) is 12.0. The molecule has 1 heterocycles. The van der Waals surface area contributed by atoms with Gasteiger partial charge in [-0.15, -0.1) is 0 Å². The Hall–Kier alpha value is -2.45. The second-order valence-corrected chi connectivity index (χ2v) is 12.3. The minimum absolute atomic E-state index is 0.00818. The van der Waals surface area contributed by atoms with Crippen LogP contribution in [0.2, 0.25) is 24.7 Å². The Morgan fingerprint density at radius 2 is 1.93 bits per heavy atom. The molecule has 1 aromatic carbocycles. The molecule has 2 N–H and O–H groups in total. The number of carbonyl (C=O) groups excluding carboxylic acids is 1. The first-order valence-electron chi connectivity index (χ1n) is 8.06. The van der Waals surface area contributed by atoms with E-state index in [1.165, 1.54) is 26.4 Å². The average molecular weight is 410 g/mol. The van der Waals surface area contributed by atoms with Crippen LogP contribution >= 0.6 is 11.6 Å². The number of esters is 1. The van der Waals surface area contributed by atoms with Gasteiger partial charge in [0.15, 0.2) is 23.1 Å².